The molecule has 0 aliphatic carbocycles. The van der Waals surface area contributed by atoms with Gasteiger partial charge in [-0.15, -0.1) is 11.3 Å². The minimum Gasteiger partial charge on any atom is -0.388 e. The largest absolute Gasteiger partial charge is 0.388 e. The van der Waals surface area contributed by atoms with Gasteiger partial charge in [-0.2, -0.15) is 0 Å². The Balaban J connectivity index is 1.94. The molecule has 2 atom stereocenters. The number of benzene rings is 1. The Hall–Kier alpha value is -1.65. The molecule has 0 spiro atoms. The molecule has 1 amide bonds. The van der Waals surface area contributed by atoms with Crippen LogP contribution in [-0.4, -0.2) is 17.1 Å². The van der Waals surface area contributed by atoms with Crippen LogP contribution in [0.4, 0.5) is 0 Å². The summed E-state index contributed by atoms with van der Waals surface area (Å²) < 4.78 is 0. The SMILES string of the molecule is CC(CC(O)c1ccccc1)NC(=O)C(C)(C)c1cccs1. The first-order valence-electron chi connectivity index (χ1n) is 7.49. The van der Waals surface area contributed by atoms with E-state index in [-0.39, 0.29) is 11.9 Å². The smallest absolute Gasteiger partial charge is 0.231 e. The van der Waals surface area contributed by atoms with Crippen molar-refractivity contribution in [3.63, 3.8) is 0 Å². The molecule has 0 fully saturated rings. The summed E-state index contributed by atoms with van der Waals surface area (Å²) in [5.41, 5.74) is 0.321. The summed E-state index contributed by atoms with van der Waals surface area (Å²) in [6.07, 6.45) is -0.0719. The number of nitrogens with one attached hydrogen (secondary N) is 1. The number of rotatable bonds is 6. The van der Waals surface area contributed by atoms with Crippen molar-refractivity contribution in [3.05, 3.63) is 58.3 Å². The van der Waals surface area contributed by atoms with E-state index >= 15 is 0 Å². The highest BCUT2D eigenvalue weighted by Crippen LogP contribution is 2.28. The molecule has 3 nitrogen and oxygen atoms in total. The second-order valence-corrected chi connectivity index (χ2v) is 7.09. The molecular formula is C18H23NO2S. The normalized spacial score (nSPS) is 14.4. The fourth-order valence-electron chi connectivity index (χ4n) is 2.36. The highest BCUT2D eigenvalue weighted by Gasteiger charge is 2.31. The molecule has 1 aromatic heterocycles. The maximum absolute atomic E-state index is 12.5. The monoisotopic (exact) mass is 317 g/mol. The van der Waals surface area contributed by atoms with Crippen LogP contribution in [0.1, 0.15) is 43.7 Å². The van der Waals surface area contributed by atoms with E-state index in [9.17, 15) is 9.90 Å². The first-order valence-corrected chi connectivity index (χ1v) is 8.37. The summed E-state index contributed by atoms with van der Waals surface area (Å²) in [5.74, 6) is -0.0114. The van der Waals surface area contributed by atoms with Gasteiger partial charge in [0, 0.05) is 10.9 Å². The summed E-state index contributed by atoms with van der Waals surface area (Å²) in [6.45, 7) is 5.78. The molecule has 22 heavy (non-hydrogen) atoms. The Morgan fingerprint density at radius 3 is 2.50 bits per heavy atom. The molecule has 0 radical (unpaired) electrons. The van der Waals surface area contributed by atoms with Crippen molar-refractivity contribution in [2.45, 2.75) is 44.8 Å². The molecule has 0 saturated carbocycles. The van der Waals surface area contributed by atoms with E-state index in [1.165, 1.54) is 0 Å². The number of hydrogen-bond donors (Lipinski definition) is 2. The molecule has 1 heterocycles. The molecule has 0 bridgehead atoms. The molecular weight excluding hydrogens is 294 g/mol. The Morgan fingerprint density at radius 1 is 1.23 bits per heavy atom. The van der Waals surface area contributed by atoms with Gasteiger partial charge in [-0.25, -0.2) is 0 Å². The van der Waals surface area contributed by atoms with Crippen LogP contribution in [0.25, 0.3) is 0 Å². The summed E-state index contributed by atoms with van der Waals surface area (Å²) >= 11 is 1.59. The van der Waals surface area contributed by atoms with Crippen LogP contribution in [0.5, 0.6) is 0 Å². The first kappa shape index (κ1) is 16.7. The van der Waals surface area contributed by atoms with E-state index in [0.717, 1.165) is 10.4 Å². The molecule has 118 valence electrons. The molecule has 1 aromatic carbocycles. The van der Waals surface area contributed by atoms with Crippen LogP contribution in [0, 0.1) is 0 Å². The number of carbonyl (C=O) groups is 1. The zero-order valence-electron chi connectivity index (χ0n) is 13.2. The van der Waals surface area contributed by atoms with E-state index in [1.54, 1.807) is 11.3 Å². The van der Waals surface area contributed by atoms with Gasteiger partial charge in [0.15, 0.2) is 0 Å². The number of carbonyl (C=O) groups excluding carboxylic acids is 1. The standard InChI is InChI=1S/C18H23NO2S/c1-13(12-15(20)14-8-5-4-6-9-14)19-17(21)18(2,3)16-10-7-11-22-16/h4-11,13,15,20H,12H2,1-3H3,(H,19,21). The van der Waals surface area contributed by atoms with E-state index in [0.29, 0.717) is 6.42 Å². The summed E-state index contributed by atoms with van der Waals surface area (Å²) in [4.78, 5) is 13.5. The zero-order chi connectivity index (χ0) is 16.2. The van der Waals surface area contributed by atoms with Crippen LogP contribution in [0.3, 0.4) is 0 Å². The highest BCUT2D eigenvalue weighted by atomic mass is 32.1. The predicted molar refractivity (Wildman–Crippen MR) is 91.0 cm³/mol. The lowest BCUT2D eigenvalue weighted by molar-refractivity contribution is -0.126. The van der Waals surface area contributed by atoms with E-state index in [2.05, 4.69) is 5.32 Å². The van der Waals surface area contributed by atoms with Crippen molar-refractivity contribution in [1.82, 2.24) is 5.32 Å². The number of thiophene rings is 1. The Kier molecular flexibility index (Phi) is 5.37. The van der Waals surface area contributed by atoms with Crippen LogP contribution in [0.15, 0.2) is 47.8 Å². The van der Waals surface area contributed by atoms with Gasteiger partial charge in [-0.05, 0) is 44.2 Å². The maximum Gasteiger partial charge on any atom is 0.231 e. The number of aliphatic hydroxyl groups is 1. The van der Waals surface area contributed by atoms with E-state index in [1.807, 2.05) is 68.6 Å². The first-order chi connectivity index (χ1) is 10.4. The van der Waals surface area contributed by atoms with E-state index in [4.69, 9.17) is 0 Å². The van der Waals surface area contributed by atoms with Crippen molar-refractivity contribution in [2.24, 2.45) is 0 Å². The van der Waals surface area contributed by atoms with Crippen molar-refractivity contribution < 1.29 is 9.90 Å². The molecule has 2 aromatic rings. The number of amides is 1. The second-order valence-electron chi connectivity index (χ2n) is 6.14. The van der Waals surface area contributed by atoms with Gasteiger partial charge >= 0.3 is 0 Å². The van der Waals surface area contributed by atoms with Gasteiger partial charge in [-0.3, -0.25) is 4.79 Å². The van der Waals surface area contributed by atoms with Gasteiger partial charge in [0.25, 0.3) is 0 Å². The highest BCUT2D eigenvalue weighted by molar-refractivity contribution is 7.10. The van der Waals surface area contributed by atoms with Crippen molar-refractivity contribution in [1.29, 1.82) is 0 Å². The lowest BCUT2D eigenvalue weighted by Gasteiger charge is -2.26. The van der Waals surface area contributed by atoms with Crippen molar-refractivity contribution in [3.8, 4) is 0 Å². The average Bonchev–Trinajstić information content (AvgIpc) is 3.02. The molecule has 0 aliphatic rings. The quantitative estimate of drug-likeness (QED) is 0.854. The molecule has 0 aliphatic heterocycles. The number of aliphatic hydroxyl groups excluding tert-OH is 1. The van der Waals surface area contributed by atoms with Crippen molar-refractivity contribution >= 4 is 17.2 Å². The second kappa shape index (κ2) is 7.07. The summed E-state index contributed by atoms with van der Waals surface area (Å²) in [7, 11) is 0. The topological polar surface area (TPSA) is 49.3 Å². The van der Waals surface area contributed by atoms with Crippen LogP contribution in [-0.2, 0) is 10.2 Å². The molecule has 2 unspecified atom stereocenters. The third-order valence-electron chi connectivity index (χ3n) is 3.84. The van der Waals surface area contributed by atoms with Crippen molar-refractivity contribution in [2.75, 3.05) is 0 Å². The summed E-state index contributed by atoms with van der Waals surface area (Å²) in [6, 6.07) is 13.4. The third kappa shape index (κ3) is 3.96. The Morgan fingerprint density at radius 2 is 1.91 bits per heavy atom. The summed E-state index contributed by atoms with van der Waals surface area (Å²) in [5, 5.41) is 15.2. The predicted octanol–water partition coefficient (Wildman–Crippen LogP) is 3.65. The van der Waals surface area contributed by atoms with Crippen LogP contribution >= 0.6 is 11.3 Å². The molecule has 2 rings (SSSR count). The Labute approximate surface area is 136 Å². The van der Waals surface area contributed by atoms with Gasteiger partial charge in [-0.1, -0.05) is 36.4 Å². The Bertz CT molecular complexity index is 593. The fourth-order valence-corrected chi connectivity index (χ4v) is 3.20. The molecule has 4 heteroatoms. The minimum absolute atomic E-state index is 0.0114. The van der Waals surface area contributed by atoms with Gasteiger partial charge in [0.05, 0.1) is 11.5 Å². The molecule has 0 saturated heterocycles. The molecule has 2 N–H and O–H groups in total. The van der Waals surface area contributed by atoms with Gasteiger partial charge in [0.1, 0.15) is 0 Å². The third-order valence-corrected chi connectivity index (χ3v) is 5.04. The fraction of sp³-hybridized carbons (Fsp3) is 0.389. The zero-order valence-corrected chi connectivity index (χ0v) is 14.1. The van der Waals surface area contributed by atoms with E-state index < -0.39 is 11.5 Å². The lowest BCUT2D eigenvalue weighted by atomic mass is 9.89. The average molecular weight is 317 g/mol. The van der Waals surface area contributed by atoms with Gasteiger partial charge in [0.2, 0.25) is 5.91 Å². The van der Waals surface area contributed by atoms with Gasteiger partial charge < -0.3 is 10.4 Å². The lowest BCUT2D eigenvalue weighted by Crippen LogP contribution is -2.44. The van der Waals surface area contributed by atoms with Crippen LogP contribution in [0.2, 0.25) is 0 Å². The number of hydrogen-bond acceptors (Lipinski definition) is 3. The maximum atomic E-state index is 12.5. The minimum atomic E-state index is -0.568. The van der Waals surface area contributed by atoms with Crippen LogP contribution < -0.4 is 5.32 Å².